The number of methoxy groups -OCH3 is 1. The highest BCUT2D eigenvalue weighted by Gasteiger charge is 2.12. The van der Waals surface area contributed by atoms with E-state index in [9.17, 15) is 4.79 Å². The second-order valence-corrected chi connectivity index (χ2v) is 8.32. The maximum atomic E-state index is 12.7. The van der Waals surface area contributed by atoms with E-state index in [-0.39, 0.29) is 5.91 Å². The lowest BCUT2D eigenvalue weighted by atomic mass is 10.1. The summed E-state index contributed by atoms with van der Waals surface area (Å²) in [7, 11) is 1.61. The van der Waals surface area contributed by atoms with E-state index in [2.05, 4.69) is 24.3 Å². The molecule has 0 unspecified atom stereocenters. The van der Waals surface area contributed by atoms with Crippen LogP contribution in [0.1, 0.15) is 53.2 Å². The molecule has 3 aromatic rings. The van der Waals surface area contributed by atoms with Gasteiger partial charge in [-0.2, -0.15) is 0 Å². The maximum Gasteiger partial charge on any atom is 0.251 e. The molecule has 7 heteroatoms. The van der Waals surface area contributed by atoms with Gasteiger partial charge in [-0.25, -0.2) is 0 Å². The Morgan fingerprint density at radius 2 is 1.91 bits per heavy atom. The average Bonchev–Trinajstić information content (AvgIpc) is 3.13. The summed E-state index contributed by atoms with van der Waals surface area (Å²) in [6.07, 6.45) is 0.974. The second-order valence-electron chi connectivity index (χ2n) is 8.32. The molecule has 0 bridgehead atoms. The lowest BCUT2D eigenvalue weighted by Gasteiger charge is -2.13. The van der Waals surface area contributed by atoms with E-state index in [1.165, 1.54) is 0 Å². The summed E-state index contributed by atoms with van der Waals surface area (Å²) >= 11 is 0. The number of benzene rings is 2. The van der Waals surface area contributed by atoms with Crippen LogP contribution in [0.3, 0.4) is 0 Å². The number of rotatable bonds is 11. The van der Waals surface area contributed by atoms with Gasteiger partial charge in [-0.3, -0.25) is 4.79 Å². The van der Waals surface area contributed by atoms with Gasteiger partial charge in [-0.1, -0.05) is 31.1 Å². The lowest BCUT2D eigenvalue weighted by molar-refractivity contribution is 0.0950. The number of carbonyl (C=O) groups excluding carboxylic acids is 1. The van der Waals surface area contributed by atoms with Gasteiger partial charge < -0.3 is 24.1 Å². The van der Waals surface area contributed by atoms with Gasteiger partial charge in [0, 0.05) is 12.1 Å². The number of nitrogens with zero attached hydrogens (tertiary/aromatic N) is 1. The van der Waals surface area contributed by atoms with Gasteiger partial charge in [-0.05, 0) is 62.1 Å². The Morgan fingerprint density at radius 1 is 1.09 bits per heavy atom. The molecule has 0 radical (unpaired) electrons. The molecule has 1 heterocycles. The van der Waals surface area contributed by atoms with Crippen LogP contribution in [0, 0.1) is 19.8 Å². The first kappa shape index (κ1) is 24.2. The molecule has 1 N–H and O–H groups in total. The van der Waals surface area contributed by atoms with Crippen LogP contribution in [0.25, 0.3) is 0 Å². The van der Waals surface area contributed by atoms with E-state index in [1.807, 2.05) is 38.1 Å². The topological polar surface area (TPSA) is 82.8 Å². The molecule has 0 spiro atoms. The quantitative estimate of drug-likeness (QED) is 0.429. The average molecular weight is 453 g/mol. The summed E-state index contributed by atoms with van der Waals surface area (Å²) in [5.41, 5.74) is 3.15. The van der Waals surface area contributed by atoms with Gasteiger partial charge >= 0.3 is 0 Å². The fourth-order valence-electron chi connectivity index (χ4n) is 3.22. The van der Waals surface area contributed by atoms with Crippen LogP contribution in [-0.2, 0) is 13.2 Å². The van der Waals surface area contributed by atoms with Crippen LogP contribution in [-0.4, -0.2) is 24.8 Å². The van der Waals surface area contributed by atoms with E-state index in [0.29, 0.717) is 48.5 Å². The molecule has 7 nitrogen and oxygen atoms in total. The second kappa shape index (κ2) is 11.4. The van der Waals surface area contributed by atoms with Crippen LogP contribution in [0.15, 0.2) is 47.0 Å². The normalized spacial score (nSPS) is 10.8. The van der Waals surface area contributed by atoms with E-state index in [1.54, 1.807) is 25.3 Å². The summed E-state index contributed by atoms with van der Waals surface area (Å²) in [6, 6.07) is 12.8. The molecule has 3 rings (SSSR count). The molecule has 0 aliphatic heterocycles. The molecule has 0 aliphatic rings. The number of aryl methyl sites for hydroxylation is 2. The third kappa shape index (κ3) is 6.75. The van der Waals surface area contributed by atoms with Gasteiger partial charge in [0.1, 0.15) is 18.1 Å². The first-order chi connectivity index (χ1) is 15.9. The molecular formula is C26H32N2O5. The van der Waals surface area contributed by atoms with Gasteiger partial charge in [0.2, 0.25) is 0 Å². The number of hydrogen-bond donors (Lipinski definition) is 1. The molecule has 1 amide bonds. The van der Waals surface area contributed by atoms with Gasteiger partial charge in [0.25, 0.3) is 5.91 Å². The molecule has 176 valence electrons. The highest BCUT2D eigenvalue weighted by molar-refractivity contribution is 5.94. The fraction of sp³-hybridized carbons (Fsp3) is 0.385. The SMILES string of the molecule is COc1cc(CNC(=O)c2cccc(OCc3c(C)noc3C)c2)ccc1OCCC(C)C. The summed E-state index contributed by atoms with van der Waals surface area (Å²) < 4.78 is 22.3. The van der Waals surface area contributed by atoms with Crippen molar-refractivity contribution in [3.63, 3.8) is 0 Å². The van der Waals surface area contributed by atoms with Crippen LogP contribution in [0.2, 0.25) is 0 Å². The van der Waals surface area contributed by atoms with E-state index >= 15 is 0 Å². The van der Waals surface area contributed by atoms with Crippen LogP contribution >= 0.6 is 0 Å². The Kier molecular flexibility index (Phi) is 8.35. The zero-order valence-corrected chi connectivity index (χ0v) is 19.9. The summed E-state index contributed by atoms with van der Waals surface area (Å²) in [4.78, 5) is 12.7. The highest BCUT2D eigenvalue weighted by atomic mass is 16.5. The summed E-state index contributed by atoms with van der Waals surface area (Å²) in [6.45, 7) is 9.38. The Hall–Kier alpha value is -3.48. The first-order valence-electron chi connectivity index (χ1n) is 11.1. The van der Waals surface area contributed by atoms with Crippen molar-refractivity contribution in [3.05, 3.63) is 70.6 Å². The van der Waals surface area contributed by atoms with Crippen LogP contribution < -0.4 is 19.5 Å². The van der Waals surface area contributed by atoms with E-state index in [0.717, 1.165) is 29.0 Å². The number of aromatic nitrogens is 1. The minimum Gasteiger partial charge on any atom is -0.493 e. The first-order valence-corrected chi connectivity index (χ1v) is 11.1. The summed E-state index contributed by atoms with van der Waals surface area (Å²) in [5.74, 6) is 3.08. The lowest BCUT2D eigenvalue weighted by Crippen LogP contribution is -2.22. The largest absolute Gasteiger partial charge is 0.493 e. The predicted octanol–water partition coefficient (Wildman–Crippen LogP) is 5.23. The van der Waals surface area contributed by atoms with Crippen molar-refractivity contribution in [3.8, 4) is 17.2 Å². The number of ether oxygens (including phenoxy) is 3. The number of hydrogen-bond acceptors (Lipinski definition) is 6. The minimum atomic E-state index is -0.186. The molecule has 0 fully saturated rings. The molecule has 0 saturated carbocycles. The number of nitrogens with one attached hydrogen (secondary N) is 1. The number of amides is 1. The molecule has 0 atom stereocenters. The zero-order valence-electron chi connectivity index (χ0n) is 19.9. The van der Waals surface area contributed by atoms with Gasteiger partial charge in [-0.15, -0.1) is 0 Å². The van der Waals surface area contributed by atoms with Crippen molar-refractivity contribution in [1.29, 1.82) is 0 Å². The predicted molar refractivity (Wildman–Crippen MR) is 126 cm³/mol. The van der Waals surface area contributed by atoms with Crippen LogP contribution in [0.5, 0.6) is 17.2 Å². The third-order valence-electron chi connectivity index (χ3n) is 5.29. The van der Waals surface area contributed by atoms with Crippen molar-refractivity contribution in [2.24, 2.45) is 5.92 Å². The van der Waals surface area contributed by atoms with Gasteiger partial charge in [0.05, 0.1) is 25.0 Å². The van der Waals surface area contributed by atoms with Gasteiger partial charge in [0.15, 0.2) is 11.5 Å². The summed E-state index contributed by atoms with van der Waals surface area (Å²) in [5, 5.41) is 6.87. The zero-order chi connectivity index (χ0) is 23.8. The molecule has 2 aromatic carbocycles. The Morgan fingerprint density at radius 3 is 2.61 bits per heavy atom. The van der Waals surface area contributed by atoms with Crippen LogP contribution in [0.4, 0.5) is 0 Å². The molecule has 0 saturated heterocycles. The monoisotopic (exact) mass is 452 g/mol. The van der Waals surface area contributed by atoms with Crippen molar-refractivity contribution in [2.75, 3.05) is 13.7 Å². The van der Waals surface area contributed by atoms with Crippen molar-refractivity contribution >= 4 is 5.91 Å². The standard InChI is InChI=1S/C26H32N2O5/c1-17(2)11-12-31-24-10-9-20(13-25(24)30-5)15-27-26(29)21-7-6-8-22(14-21)32-16-23-18(3)28-33-19(23)4/h6-10,13-14,17H,11-12,15-16H2,1-5H3,(H,27,29). The molecule has 1 aromatic heterocycles. The molecule has 33 heavy (non-hydrogen) atoms. The van der Waals surface area contributed by atoms with Crippen molar-refractivity contribution in [2.45, 2.75) is 47.3 Å². The molecule has 0 aliphatic carbocycles. The smallest absolute Gasteiger partial charge is 0.251 e. The maximum absolute atomic E-state index is 12.7. The Balaban J connectivity index is 1.57. The van der Waals surface area contributed by atoms with Crippen molar-refractivity contribution in [1.82, 2.24) is 10.5 Å². The third-order valence-corrected chi connectivity index (χ3v) is 5.29. The Labute approximate surface area is 195 Å². The fourth-order valence-corrected chi connectivity index (χ4v) is 3.22. The highest BCUT2D eigenvalue weighted by Crippen LogP contribution is 2.28. The van der Waals surface area contributed by atoms with E-state index < -0.39 is 0 Å². The number of carbonyl (C=O) groups is 1. The molecular weight excluding hydrogens is 420 g/mol. The minimum absolute atomic E-state index is 0.186. The Bertz CT molecular complexity index is 1050. The van der Waals surface area contributed by atoms with Crippen molar-refractivity contribution < 1.29 is 23.5 Å². The van der Waals surface area contributed by atoms with E-state index in [4.69, 9.17) is 18.7 Å².